The minimum atomic E-state index is 0.304. The van der Waals surface area contributed by atoms with E-state index in [9.17, 15) is 0 Å². The van der Waals surface area contributed by atoms with E-state index >= 15 is 0 Å². The van der Waals surface area contributed by atoms with Crippen molar-refractivity contribution in [3.63, 3.8) is 0 Å². The van der Waals surface area contributed by atoms with Gasteiger partial charge in [-0.2, -0.15) is 0 Å². The van der Waals surface area contributed by atoms with Gasteiger partial charge in [-0.25, -0.2) is 4.68 Å². The minimum absolute atomic E-state index is 0.304. The molecule has 0 radical (unpaired) electrons. The molecule has 1 aliphatic heterocycles. The molecule has 1 aliphatic rings. The molecule has 0 aliphatic carbocycles. The summed E-state index contributed by atoms with van der Waals surface area (Å²) in [7, 11) is 0. The highest BCUT2D eigenvalue weighted by Gasteiger charge is 2.24. The van der Waals surface area contributed by atoms with Crippen LogP contribution in [0.2, 0.25) is 0 Å². The molecule has 0 amide bonds. The fraction of sp³-hybridized carbons (Fsp3) is 0.222. The summed E-state index contributed by atoms with van der Waals surface area (Å²) in [5, 5.41) is 11.0. The maximum atomic E-state index is 5.18. The normalized spacial score (nSPS) is 19.6. The van der Waals surface area contributed by atoms with Crippen molar-refractivity contribution < 1.29 is 4.74 Å². The second-order valence-electron chi connectivity index (χ2n) is 3.17. The number of epoxide rings is 1. The molecule has 3 rings (SSSR count). The molecule has 0 bridgehead atoms. The predicted molar refractivity (Wildman–Crippen MR) is 47.8 cm³/mol. The Morgan fingerprint density at radius 3 is 2.64 bits per heavy atom. The number of ether oxygens (including phenoxy) is 1. The number of nitrogens with zero attached hydrogens (tertiary/aromatic N) is 4. The first-order chi connectivity index (χ1) is 6.93. The molecule has 0 N–H and O–H groups in total. The van der Waals surface area contributed by atoms with Gasteiger partial charge >= 0.3 is 0 Å². The molecule has 5 heteroatoms. The number of rotatable bonds is 2. The monoisotopic (exact) mass is 188 g/mol. The fourth-order valence-electron chi connectivity index (χ4n) is 1.36. The molecule has 1 atom stereocenters. The molecule has 2 heterocycles. The van der Waals surface area contributed by atoms with Crippen LogP contribution in [0.3, 0.4) is 0 Å². The van der Waals surface area contributed by atoms with Crippen molar-refractivity contribution in [2.75, 3.05) is 6.61 Å². The van der Waals surface area contributed by atoms with Crippen LogP contribution in [0.15, 0.2) is 30.6 Å². The molecule has 0 unspecified atom stereocenters. The molecule has 14 heavy (non-hydrogen) atoms. The zero-order valence-corrected chi connectivity index (χ0v) is 7.37. The van der Waals surface area contributed by atoms with Gasteiger partial charge in [0.15, 0.2) is 0 Å². The molecule has 0 saturated carbocycles. The number of benzene rings is 1. The van der Waals surface area contributed by atoms with Gasteiger partial charge in [-0.05, 0) is 28.1 Å². The lowest BCUT2D eigenvalue weighted by atomic mass is 10.1. The quantitative estimate of drug-likeness (QED) is 0.652. The molecular weight excluding hydrogens is 180 g/mol. The van der Waals surface area contributed by atoms with E-state index in [1.807, 2.05) is 24.3 Å². The standard InChI is InChI=1S/C9H8N4O/c1-3-8(13-6-10-11-12-13)4-2-7(1)9-5-14-9/h1-4,6,9H,5H2/t9-/m0/s1. The largest absolute Gasteiger partial charge is 0.368 e. The lowest BCUT2D eigenvalue weighted by Crippen LogP contribution is -1.94. The van der Waals surface area contributed by atoms with Gasteiger partial charge in [0.2, 0.25) is 0 Å². The van der Waals surface area contributed by atoms with Crippen molar-refractivity contribution in [1.82, 2.24) is 20.2 Å². The van der Waals surface area contributed by atoms with Crippen molar-refractivity contribution in [1.29, 1.82) is 0 Å². The van der Waals surface area contributed by atoms with Crippen LogP contribution in [0.5, 0.6) is 0 Å². The van der Waals surface area contributed by atoms with E-state index < -0.39 is 0 Å². The van der Waals surface area contributed by atoms with Crippen molar-refractivity contribution in [3.05, 3.63) is 36.2 Å². The predicted octanol–water partition coefficient (Wildman–Crippen LogP) is 0.734. The van der Waals surface area contributed by atoms with Gasteiger partial charge in [0.25, 0.3) is 0 Å². The Labute approximate surface area is 80.3 Å². The van der Waals surface area contributed by atoms with E-state index in [4.69, 9.17) is 4.74 Å². The molecule has 1 saturated heterocycles. The Morgan fingerprint density at radius 2 is 2.07 bits per heavy atom. The lowest BCUT2D eigenvalue weighted by molar-refractivity contribution is 0.415. The van der Waals surface area contributed by atoms with E-state index in [0.717, 1.165) is 12.3 Å². The zero-order valence-electron chi connectivity index (χ0n) is 7.37. The molecule has 1 aromatic carbocycles. The smallest absolute Gasteiger partial charge is 0.143 e. The molecule has 1 aromatic heterocycles. The summed E-state index contributed by atoms with van der Waals surface area (Å²) in [6.07, 6.45) is 1.88. The lowest BCUT2D eigenvalue weighted by Gasteiger charge is -1.99. The topological polar surface area (TPSA) is 56.1 Å². The molecular formula is C9H8N4O. The Morgan fingerprint density at radius 1 is 1.29 bits per heavy atom. The molecule has 1 fully saturated rings. The van der Waals surface area contributed by atoms with Crippen LogP contribution in [0.1, 0.15) is 11.7 Å². The number of hydrogen-bond acceptors (Lipinski definition) is 4. The first-order valence-electron chi connectivity index (χ1n) is 4.38. The maximum Gasteiger partial charge on any atom is 0.143 e. The zero-order chi connectivity index (χ0) is 9.38. The summed E-state index contributed by atoms with van der Waals surface area (Å²) in [4.78, 5) is 0. The van der Waals surface area contributed by atoms with Crippen molar-refractivity contribution >= 4 is 0 Å². The van der Waals surface area contributed by atoms with Crippen molar-refractivity contribution in [2.45, 2.75) is 6.10 Å². The summed E-state index contributed by atoms with van der Waals surface area (Å²) in [6.45, 7) is 0.838. The Kier molecular flexibility index (Phi) is 1.57. The maximum absolute atomic E-state index is 5.18. The third kappa shape index (κ3) is 1.27. The van der Waals surface area contributed by atoms with Crippen LogP contribution in [-0.2, 0) is 4.74 Å². The van der Waals surface area contributed by atoms with Gasteiger partial charge in [0.1, 0.15) is 12.4 Å². The number of tetrazole rings is 1. The van der Waals surface area contributed by atoms with Crippen molar-refractivity contribution in [3.8, 4) is 5.69 Å². The van der Waals surface area contributed by atoms with Crippen molar-refractivity contribution in [2.24, 2.45) is 0 Å². The van der Waals surface area contributed by atoms with Crippen LogP contribution in [0.4, 0.5) is 0 Å². The Balaban J connectivity index is 1.93. The molecule has 0 spiro atoms. The van der Waals surface area contributed by atoms with Crippen LogP contribution in [0, 0.1) is 0 Å². The van der Waals surface area contributed by atoms with Gasteiger partial charge in [-0.1, -0.05) is 12.1 Å². The second-order valence-corrected chi connectivity index (χ2v) is 3.17. The average Bonchev–Trinajstić information content (AvgIpc) is 2.94. The highest BCUT2D eigenvalue weighted by Crippen LogP contribution is 2.29. The van der Waals surface area contributed by atoms with Gasteiger partial charge in [-0.15, -0.1) is 5.10 Å². The van der Waals surface area contributed by atoms with Crippen LogP contribution in [-0.4, -0.2) is 26.8 Å². The van der Waals surface area contributed by atoms with Gasteiger partial charge in [-0.3, -0.25) is 0 Å². The third-order valence-corrected chi connectivity index (χ3v) is 2.21. The van der Waals surface area contributed by atoms with E-state index in [-0.39, 0.29) is 0 Å². The summed E-state index contributed by atoms with van der Waals surface area (Å²) >= 11 is 0. The first-order valence-corrected chi connectivity index (χ1v) is 4.38. The number of aromatic nitrogens is 4. The third-order valence-electron chi connectivity index (χ3n) is 2.21. The summed E-state index contributed by atoms with van der Waals surface area (Å²) in [5.74, 6) is 0. The van der Waals surface area contributed by atoms with Gasteiger partial charge in [0.05, 0.1) is 12.3 Å². The van der Waals surface area contributed by atoms with Gasteiger partial charge in [0, 0.05) is 0 Å². The molecule has 5 nitrogen and oxygen atoms in total. The van der Waals surface area contributed by atoms with Crippen LogP contribution in [0.25, 0.3) is 5.69 Å². The average molecular weight is 188 g/mol. The number of hydrogen-bond donors (Lipinski definition) is 0. The SMILES string of the molecule is c1cc(-n2cnnn2)ccc1[C@@H]1CO1. The molecule has 70 valence electrons. The highest BCUT2D eigenvalue weighted by atomic mass is 16.6. The minimum Gasteiger partial charge on any atom is -0.368 e. The fourth-order valence-corrected chi connectivity index (χ4v) is 1.36. The van der Waals surface area contributed by atoms with Gasteiger partial charge < -0.3 is 4.74 Å². The summed E-state index contributed by atoms with van der Waals surface area (Å²) < 4.78 is 6.80. The summed E-state index contributed by atoms with van der Waals surface area (Å²) in [5.41, 5.74) is 2.17. The van der Waals surface area contributed by atoms with E-state index in [0.29, 0.717) is 6.10 Å². The van der Waals surface area contributed by atoms with Crippen LogP contribution < -0.4 is 0 Å². The Hall–Kier alpha value is -1.75. The first kappa shape index (κ1) is 7.64. The molecule has 2 aromatic rings. The summed E-state index contributed by atoms with van der Waals surface area (Å²) in [6, 6.07) is 8.03. The van der Waals surface area contributed by atoms with E-state index in [2.05, 4.69) is 15.5 Å². The second kappa shape index (κ2) is 2.88. The van der Waals surface area contributed by atoms with E-state index in [1.165, 1.54) is 5.56 Å². The van der Waals surface area contributed by atoms with Crippen LogP contribution >= 0.6 is 0 Å². The highest BCUT2D eigenvalue weighted by molar-refractivity contribution is 5.34. The van der Waals surface area contributed by atoms with E-state index in [1.54, 1.807) is 11.0 Å². The Bertz CT molecular complexity index is 419.